The molecule has 0 aromatic heterocycles. The van der Waals surface area contributed by atoms with E-state index in [4.69, 9.17) is 9.47 Å². The molecule has 0 atom stereocenters. The van der Waals surface area contributed by atoms with Gasteiger partial charge in [0.2, 0.25) is 5.91 Å². The summed E-state index contributed by atoms with van der Waals surface area (Å²) in [6, 6.07) is 4.94. The van der Waals surface area contributed by atoms with E-state index in [0.29, 0.717) is 17.2 Å². The second-order valence-corrected chi connectivity index (χ2v) is 3.85. The Morgan fingerprint density at radius 2 is 1.94 bits per heavy atom. The number of hydrogen-bond acceptors (Lipinski definition) is 4. The van der Waals surface area contributed by atoms with Crippen LogP contribution in [0.5, 0.6) is 11.5 Å². The number of carbonyl (C=O) groups excluding carboxylic acids is 2. The monoisotopic (exact) mass is 247 g/mol. The maximum atomic E-state index is 11.9. The van der Waals surface area contributed by atoms with Gasteiger partial charge in [0.15, 0.2) is 0 Å². The van der Waals surface area contributed by atoms with Gasteiger partial charge in [-0.15, -0.1) is 0 Å². The van der Waals surface area contributed by atoms with Crippen molar-refractivity contribution < 1.29 is 19.1 Å². The molecule has 0 spiro atoms. The first-order valence-corrected chi connectivity index (χ1v) is 5.35. The summed E-state index contributed by atoms with van der Waals surface area (Å²) in [7, 11) is 2.99. The van der Waals surface area contributed by atoms with E-state index in [1.165, 1.54) is 14.2 Å². The highest BCUT2D eigenvalue weighted by molar-refractivity contribution is 6.28. The fourth-order valence-corrected chi connectivity index (χ4v) is 1.82. The summed E-state index contributed by atoms with van der Waals surface area (Å²) in [5, 5.41) is 0. The molecule has 0 unspecified atom stereocenters. The first-order chi connectivity index (χ1) is 8.58. The SMILES string of the molecule is C=C1CC(=O)N(c2cc(OC)ccc2OC)C1=O. The summed E-state index contributed by atoms with van der Waals surface area (Å²) in [5.74, 6) is 0.277. The Kier molecular flexibility index (Phi) is 3.06. The van der Waals surface area contributed by atoms with Crippen molar-refractivity contribution in [2.24, 2.45) is 0 Å². The molecule has 1 aliphatic rings. The zero-order chi connectivity index (χ0) is 13.3. The summed E-state index contributed by atoms with van der Waals surface area (Å²) in [6.45, 7) is 3.58. The summed E-state index contributed by atoms with van der Waals surface area (Å²) in [4.78, 5) is 24.8. The molecule has 5 nitrogen and oxygen atoms in total. The highest BCUT2D eigenvalue weighted by atomic mass is 16.5. The van der Waals surface area contributed by atoms with E-state index in [1.54, 1.807) is 18.2 Å². The van der Waals surface area contributed by atoms with Crippen molar-refractivity contribution in [3.8, 4) is 11.5 Å². The maximum Gasteiger partial charge on any atom is 0.261 e. The van der Waals surface area contributed by atoms with Crippen molar-refractivity contribution in [2.45, 2.75) is 6.42 Å². The normalized spacial score (nSPS) is 15.2. The van der Waals surface area contributed by atoms with Crippen molar-refractivity contribution in [2.75, 3.05) is 19.1 Å². The number of nitrogens with zero attached hydrogens (tertiary/aromatic N) is 1. The lowest BCUT2D eigenvalue weighted by Gasteiger charge is -2.17. The van der Waals surface area contributed by atoms with Crippen LogP contribution in [0.3, 0.4) is 0 Å². The van der Waals surface area contributed by atoms with Crippen LogP contribution in [0.15, 0.2) is 30.4 Å². The molecule has 1 heterocycles. The second-order valence-electron chi connectivity index (χ2n) is 3.85. The van der Waals surface area contributed by atoms with Crippen LogP contribution in [0.2, 0.25) is 0 Å². The molecule has 1 aromatic rings. The van der Waals surface area contributed by atoms with Gasteiger partial charge in [-0.05, 0) is 12.1 Å². The number of ether oxygens (including phenoxy) is 2. The maximum absolute atomic E-state index is 11.9. The van der Waals surface area contributed by atoms with Crippen LogP contribution < -0.4 is 14.4 Å². The molecule has 1 saturated heterocycles. The fraction of sp³-hybridized carbons (Fsp3) is 0.231. The minimum Gasteiger partial charge on any atom is -0.497 e. The molecular weight excluding hydrogens is 234 g/mol. The van der Waals surface area contributed by atoms with Gasteiger partial charge in [-0.3, -0.25) is 9.59 Å². The topological polar surface area (TPSA) is 55.8 Å². The molecule has 94 valence electrons. The Bertz CT molecular complexity index is 536. The van der Waals surface area contributed by atoms with Crippen LogP contribution >= 0.6 is 0 Å². The van der Waals surface area contributed by atoms with E-state index in [1.807, 2.05) is 0 Å². The predicted octanol–water partition coefficient (Wildman–Crippen LogP) is 1.52. The van der Waals surface area contributed by atoms with Gasteiger partial charge in [0.25, 0.3) is 5.91 Å². The summed E-state index contributed by atoms with van der Waals surface area (Å²) in [6.07, 6.45) is 0.0409. The third kappa shape index (κ3) is 1.84. The van der Waals surface area contributed by atoms with Gasteiger partial charge in [-0.25, -0.2) is 4.90 Å². The zero-order valence-electron chi connectivity index (χ0n) is 10.2. The van der Waals surface area contributed by atoms with Gasteiger partial charge in [0.05, 0.1) is 26.3 Å². The van der Waals surface area contributed by atoms with Crippen LogP contribution in [0.25, 0.3) is 0 Å². The first kappa shape index (κ1) is 12.2. The van der Waals surface area contributed by atoms with Crippen LogP contribution in [-0.2, 0) is 9.59 Å². The van der Waals surface area contributed by atoms with Gasteiger partial charge >= 0.3 is 0 Å². The van der Waals surface area contributed by atoms with Crippen molar-refractivity contribution in [1.82, 2.24) is 0 Å². The molecule has 5 heteroatoms. The highest BCUT2D eigenvalue weighted by Crippen LogP contribution is 2.35. The Labute approximate surface area is 105 Å². The Morgan fingerprint density at radius 3 is 2.44 bits per heavy atom. The van der Waals surface area contributed by atoms with Gasteiger partial charge < -0.3 is 9.47 Å². The summed E-state index contributed by atoms with van der Waals surface area (Å²) in [5.41, 5.74) is 0.662. The Balaban J connectivity index is 2.52. The Morgan fingerprint density at radius 1 is 1.22 bits per heavy atom. The number of rotatable bonds is 3. The highest BCUT2D eigenvalue weighted by Gasteiger charge is 2.35. The molecule has 1 aliphatic heterocycles. The van der Waals surface area contributed by atoms with Crippen molar-refractivity contribution >= 4 is 17.5 Å². The zero-order valence-corrected chi connectivity index (χ0v) is 10.2. The van der Waals surface area contributed by atoms with Gasteiger partial charge in [0.1, 0.15) is 11.5 Å². The lowest BCUT2D eigenvalue weighted by Crippen LogP contribution is -2.29. The van der Waals surface area contributed by atoms with Crippen molar-refractivity contribution in [3.63, 3.8) is 0 Å². The van der Waals surface area contributed by atoms with Gasteiger partial charge in [-0.2, -0.15) is 0 Å². The minimum atomic E-state index is -0.397. The number of imide groups is 1. The molecule has 2 amide bonds. The lowest BCUT2D eigenvalue weighted by molar-refractivity contribution is -0.120. The quantitative estimate of drug-likeness (QED) is 0.600. The van der Waals surface area contributed by atoms with E-state index in [0.717, 1.165) is 4.90 Å². The largest absolute Gasteiger partial charge is 0.497 e. The molecule has 0 saturated carbocycles. The number of hydrogen-bond donors (Lipinski definition) is 0. The molecule has 0 bridgehead atoms. The van der Waals surface area contributed by atoms with E-state index < -0.39 is 5.91 Å². The average molecular weight is 247 g/mol. The average Bonchev–Trinajstić information content (AvgIpc) is 2.62. The minimum absolute atomic E-state index is 0.0409. The standard InChI is InChI=1S/C13H13NO4/c1-8-6-12(15)14(13(8)16)10-7-9(17-2)4-5-11(10)18-3/h4-5,7H,1,6H2,2-3H3. The third-order valence-electron chi connectivity index (χ3n) is 2.75. The molecule has 18 heavy (non-hydrogen) atoms. The summed E-state index contributed by atoms with van der Waals surface area (Å²) >= 11 is 0. The predicted molar refractivity (Wildman–Crippen MR) is 65.8 cm³/mol. The number of benzene rings is 1. The van der Waals surface area contributed by atoms with Crippen LogP contribution in [-0.4, -0.2) is 26.0 Å². The van der Waals surface area contributed by atoms with Crippen molar-refractivity contribution in [1.29, 1.82) is 0 Å². The number of amides is 2. The molecule has 1 aromatic carbocycles. The molecule has 1 fully saturated rings. The van der Waals surface area contributed by atoms with Crippen LogP contribution in [0.1, 0.15) is 6.42 Å². The van der Waals surface area contributed by atoms with E-state index in [9.17, 15) is 9.59 Å². The number of anilines is 1. The van der Waals surface area contributed by atoms with E-state index >= 15 is 0 Å². The van der Waals surface area contributed by atoms with Crippen molar-refractivity contribution in [3.05, 3.63) is 30.4 Å². The molecule has 2 rings (SSSR count). The smallest absolute Gasteiger partial charge is 0.261 e. The van der Waals surface area contributed by atoms with E-state index in [2.05, 4.69) is 6.58 Å². The van der Waals surface area contributed by atoms with Gasteiger partial charge in [0, 0.05) is 11.6 Å². The van der Waals surface area contributed by atoms with Crippen LogP contribution in [0.4, 0.5) is 5.69 Å². The number of carbonyl (C=O) groups is 2. The molecule has 0 radical (unpaired) electrons. The number of methoxy groups -OCH3 is 2. The van der Waals surface area contributed by atoms with E-state index in [-0.39, 0.29) is 17.9 Å². The summed E-state index contributed by atoms with van der Waals surface area (Å²) < 4.78 is 10.2. The fourth-order valence-electron chi connectivity index (χ4n) is 1.82. The van der Waals surface area contributed by atoms with Crippen LogP contribution in [0, 0.1) is 0 Å². The molecular formula is C13H13NO4. The second kappa shape index (κ2) is 4.52. The molecule has 0 aliphatic carbocycles. The van der Waals surface area contributed by atoms with Gasteiger partial charge in [-0.1, -0.05) is 6.58 Å². The molecule has 0 N–H and O–H groups in total. The lowest BCUT2D eigenvalue weighted by atomic mass is 10.2. The first-order valence-electron chi connectivity index (χ1n) is 5.35. The third-order valence-corrected chi connectivity index (χ3v) is 2.75. The Hall–Kier alpha value is -2.30.